The van der Waals surface area contributed by atoms with Gasteiger partial charge < -0.3 is 5.73 Å². The van der Waals surface area contributed by atoms with E-state index in [0.717, 1.165) is 6.29 Å². The van der Waals surface area contributed by atoms with Gasteiger partial charge >= 0.3 is 0 Å². The molecule has 0 bridgehead atoms. The average Bonchev–Trinajstić information content (AvgIpc) is 2.64. The van der Waals surface area contributed by atoms with Gasteiger partial charge in [-0.05, 0) is 30.3 Å². The van der Waals surface area contributed by atoms with Crippen molar-refractivity contribution in [2.24, 2.45) is 5.73 Å². The molecule has 0 saturated heterocycles. The zero-order chi connectivity index (χ0) is 18.7. The van der Waals surface area contributed by atoms with Crippen molar-refractivity contribution in [2.75, 3.05) is 0 Å². The molecule has 1 aromatic heterocycles. The van der Waals surface area contributed by atoms with Crippen molar-refractivity contribution in [1.82, 2.24) is 4.98 Å². The van der Waals surface area contributed by atoms with Gasteiger partial charge in [0.15, 0.2) is 0 Å². The first-order valence-electron chi connectivity index (χ1n) is 7.77. The van der Waals surface area contributed by atoms with Gasteiger partial charge in [0.1, 0.15) is 18.0 Å². The summed E-state index contributed by atoms with van der Waals surface area (Å²) in [5, 5.41) is 0.101. The Morgan fingerprint density at radius 1 is 1.12 bits per heavy atom. The quantitative estimate of drug-likeness (QED) is 0.692. The number of aldehydes is 1. The smallest absolute Gasteiger partial charge is 0.231 e. The number of carbonyl (C=O) groups is 2. The highest BCUT2D eigenvalue weighted by Crippen LogP contribution is 2.32. The lowest BCUT2D eigenvalue weighted by Gasteiger charge is -2.16. The van der Waals surface area contributed by atoms with E-state index >= 15 is 0 Å². The van der Waals surface area contributed by atoms with Gasteiger partial charge in [0.2, 0.25) is 5.91 Å². The average molecular weight is 369 g/mol. The first-order valence-corrected chi connectivity index (χ1v) is 8.15. The molecule has 0 aliphatic heterocycles. The summed E-state index contributed by atoms with van der Waals surface area (Å²) in [6.45, 7) is 0. The molecule has 3 rings (SSSR count). The Morgan fingerprint density at radius 2 is 1.85 bits per heavy atom. The fourth-order valence-electron chi connectivity index (χ4n) is 2.77. The van der Waals surface area contributed by atoms with Crippen molar-refractivity contribution in [2.45, 2.75) is 5.92 Å². The van der Waals surface area contributed by atoms with Gasteiger partial charge in [-0.25, -0.2) is 4.39 Å². The van der Waals surface area contributed by atoms with Gasteiger partial charge in [0.25, 0.3) is 0 Å². The van der Waals surface area contributed by atoms with Crippen LogP contribution >= 0.6 is 11.6 Å². The lowest BCUT2D eigenvalue weighted by atomic mass is 9.93. The molecule has 0 aliphatic rings. The molecule has 3 aromatic rings. The summed E-state index contributed by atoms with van der Waals surface area (Å²) in [7, 11) is 0. The standard InChI is InChI=1S/C20H14ClFN2O2/c21-14-6-2-7-15(22)18(14)19(20(23)26)17-9-3-8-16(24-17)13-5-1-4-12(10-13)11-25/h1-11,19H,(H2,23,26). The number of hydrogen-bond acceptors (Lipinski definition) is 3. The number of hydrogen-bond donors (Lipinski definition) is 1. The number of halogens is 2. The number of nitrogens with zero attached hydrogens (tertiary/aromatic N) is 1. The highest BCUT2D eigenvalue weighted by molar-refractivity contribution is 6.31. The first-order chi connectivity index (χ1) is 12.5. The molecular weight excluding hydrogens is 355 g/mol. The Labute approximate surface area is 154 Å². The minimum absolute atomic E-state index is 0.00652. The Balaban J connectivity index is 2.12. The normalized spacial score (nSPS) is 11.8. The Bertz CT molecular complexity index is 971. The van der Waals surface area contributed by atoms with E-state index in [9.17, 15) is 14.0 Å². The summed E-state index contributed by atoms with van der Waals surface area (Å²) < 4.78 is 14.3. The van der Waals surface area contributed by atoms with Crippen LogP contribution in [0.25, 0.3) is 11.3 Å². The van der Waals surface area contributed by atoms with E-state index in [0.29, 0.717) is 16.8 Å². The van der Waals surface area contributed by atoms with Crippen LogP contribution in [-0.4, -0.2) is 17.2 Å². The molecule has 0 spiro atoms. The molecule has 2 N–H and O–H groups in total. The second kappa shape index (κ2) is 7.45. The number of amides is 1. The third kappa shape index (κ3) is 3.48. The van der Waals surface area contributed by atoms with Crippen molar-refractivity contribution >= 4 is 23.8 Å². The lowest BCUT2D eigenvalue weighted by molar-refractivity contribution is -0.118. The van der Waals surface area contributed by atoms with E-state index in [1.54, 1.807) is 42.5 Å². The van der Waals surface area contributed by atoms with Gasteiger partial charge in [0.05, 0.1) is 11.4 Å². The molecule has 0 radical (unpaired) electrons. The molecule has 2 aromatic carbocycles. The van der Waals surface area contributed by atoms with Crippen molar-refractivity contribution in [3.8, 4) is 11.3 Å². The zero-order valence-corrected chi connectivity index (χ0v) is 14.3. The number of pyridine rings is 1. The minimum atomic E-state index is -1.13. The monoisotopic (exact) mass is 368 g/mol. The molecule has 1 heterocycles. The number of benzene rings is 2. The Hall–Kier alpha value is -3.05. The predicted octanol–water partition coefficient (Wildman–Crippen LogP) is 3.97. The number of rotatable bonds is 5. The summed E-state index contributed by atoms with van der Waals surface area (Å²) in [5.41, 5.74) is 7.52. The molecule has 1 amide bonds. The van der Waals surface area contributed by atoms with Crippen LogP contribution in [-0.2, 0) is 4.79 Å². The van der Waals surface area contributed by atoms with Crippen LogP contribution in [0.1, 0.15) is 27.5 Å². The molecule has 1 unspecified atom stereocenters. The molecular formula is C20H14ClFN2O2. The number of aromatic nitrogens is 1. The zero-order valence-electron chi connectivity index (χ0n) is 13.5. The number of nitrogens with two attached hydrogens (primary N) is 1. The molecule has 0 aliphatic carbocycles. The van der Waals surface area contributed by atoms with Crippen LogP contribution in [0.2, 0.25) is 5.02 Å². The second-order valence-corrected chi connectivity index (χ2v) is 6.07. The summed E-state index contributed by atoms with van der Waals surface area (Å²) in [6, 6.07) is 16.0. The van der Waals surface area contributed by atoms with Crippen molar-refractivity contribution in [3.05, 3.63) is 88.3 Å². The van der Waals surface area contributed by atoms with Crippen LogP contribution < -0.4 is 5.73 Å². The molecule has 6 heteroatoms. The molecule has 26 heavy (non-hydrogen) atoms. The van der Waals surface area contributed by atoms with Crippen molar-refractivity contribution in [1.29, 1.82) is 0 Å². The van der Waals surface area contributed by atoms with E-state index < -0.39 is 17.6 Å². The minimum Gasteiger partial charge on any atom is -0.369 e. The Morgan fingerprint density at radius 3 is 2.54 bits per heavy atom. The summed E-state index contributed by atoms with van der Waals surface area (Å²) >= 11 is 6.10. The van der Waals surface area contributed by atoms with Crippen molar-refractivity contribution in [3.63, 3.8) is 0 Å². The summed E-state index contributed by atoms with van der Waals surface area (Å²) in [6.07, 6.45) is 0.735. The van der Waals surface area contributed by atoms with E-state index in [-0.39, 0.29) is 16.3 Å². The maximum absolute atomic E-state index is 14.3. The van der Waals surface area contributed by atoms with Gasteiger partial charge in [0, 0.05) is 21.7 Å². The van der Waals surface area contributed by atoms with Crippen LogP contribution in [0.4, 0.5) is 4.39 Å². The molecule has 1 atom stereocenters. The van der Waals surface area contributed by atoms with Crippen LogP contribution in [0, 0.1) is 5.82 Å². The van der Waals surface area contributed by atoms with Crippen LogP contribution in [0.5, 0.6) is 0 Å². The third-order valence-electron chi connectivity index (χ3n) is 3.96. The fourth-order valence-corrected chi connectivity index (χ4v) is 3.04. The van der Waals surface area contributed by atoms with E-state index in [1.165, 1.54) is 18.2 Å². The fraction of sp³-hybridized carbons (Fsp3) is 0.0500. The molecule has 0 fully saturated rings. The first kappa shape index (κ1) is 17.8. The number of carbonyl (C=O) groups excluding carboxylic acids is 2. The van der Waals surface area contributed by atoms with E-state index in [4.69, 9.17) is 17.3 Å². The van der Waals surface area contributed by atoms with Gasteiger partial charge in [-0.1, -0.05) is 41.9 Å². The Kier molecular flexibility index (Phi) is 5.09. The van der Waals surface area contributed by atoms with Crippen LogP contribution in [0.15, 0.2) is 60.7 Å². The van der Waals surface area contributed by atoms with Crippen molar-refractivity contribution < 1.29 is 14.0 Å². The van der Waals surface area contributed by atoms with Gasteiger partial charge in [-0.15, -0.1) is 0 Å². The third-order valence-corrected chi connectivity index (χ3v) is 4.29. The van der Waals surface area contributed by atoms with E-state index in [1.807, 2.05) is 0 Å². The van der Waals surface area contributed by atoms with Crippen LogP contribution in [0.3, 0.4) is 0 Å². The highest BCUT2D eigenvalue weighted by Gasteiger charge is 2.27. The lowest BCUT2D eigenvalue weighted by Crippen LogP contribution is -2.24. The van der Waals surface area contributed by atoms with Gasteiger partial charge in [-0.3, -0.25) is 14.6 Å². The maximum atomic E-state index is 14.3. The molecule has 4 nitrogen and oxygen atoms in total. The molecule has 130 valence electrons. The second-order valence-electron chi connectivity index (χ2n) is 5.66. The maximum Gasteiger partial charge on any atom is 0.231 e. The SMILES string of the molecule is NC(=O)C(c1cccc(-c2cccc(C=O)c2)n1)c1c(F)cccc1Cl. The highest BCUT2D eigenvalue weighted by atomic mass is 35.5. The largest absolute Gasteiger partial charge is 0.369 e. The molecule has 0 saturated carbocycles. The summed E-state index contributed by atoms with van der Waals surface area (Å²) in [4.78, 5) is 27.5. The summed E-state index contributed by atoms with van der Waals surface area (Å²) in [5.74, 6) is -2.52. The van der Waals surface area contributed by atoms with Gasteiger partial charge in [-0.2, -0.15) is 0 Å². The number of primary amides is 1. The predicted molar refractivity (Wildman–Crippen MR) is 97.5 cm³/mol. The topological polar surface area (TPSA) is 73.1 Å². The van der Waals surface area contributed by atoms with E-state index in [2.05, 4.69) is 4.98 Å².